The first kappa shape index (κ1) is 30.9. The quantitative estimate of drug-likeness (QED) is 0.187. The molecule has 0 radical (unpaired) electrons. The number of hydrogen-bond donors (Lipinski definition) is 1. The molecule has 2 saturated carbocycles. The van der Waals surface area contributed by atoms with Gasteiger partial charge in [-0.1, -0.05) is 86.3 Å². The predicted octanol–water partition coefficient (Wildman–Crippen LogP) is 5.33. The van der Waals surface area contributed by atoms with Gasteiger partial charge in [0.2, 0.25) is 0 Å². The normalized spacial score (nSPS) is 14.5. The molecule has 1 N–H and O–H groups in total. The summed E-state index contributed by atoms with van der Waals surface area (Å²) < 4.78 is 0. The molecule has 0 bridgehead atoms. The summed E-state index contributed by atoms with van der Waals surface area (Å²) in [6, 6.07) is 24.2. The molecular formula is C30H31BrMgO2S2. The van der Waals surface area contributed by atoms with Crippen molar-refractivity contribution in [1.29, 1.82) is 0 Å². The van der Waals surface area contributed by atoms with Crippen molar-refractivity contribution < 1.29 is 26.9 Å². The van der Waals surface area contributed by atoms with Gasteiger partial charge >= 0.3 is 23.1 Å². The molecule has 1 unspecified atom stereocenters. The Morgan fingerprint density at radius 3 is 1.67 bits per heavy atom. The molecule has 4 aromatic rings. The SMILES string of the molecule is O=Cc1ccc(-c2cccs2)cc1.OC(CC1CC1)c1ccc(-c2cccs2)cc1.[Br-].[CH2-]C1CC1.[Mg+2]. The van der Waals surface area contributed by atoms with E-state index in [1.165, 1.54) is 46.6 Å². The zero-order chi connectivity index (χ0) is 23.8. The van der Waals surface area contributed by atoms with Crippen LogP contribution in [-0.2, 0) is 0 Å². The maximum Gasteiger partial charge on any atom is 2.00 e. The Balaban J connectivity index is 0.000000214. The van der Waals surface area contributed by atoms with Gasteiger partial charge in [0.25, 0.3) is 0 Å². The summed E-state index contributed by atoms with van der Waals surface area (Å²) in [6.07, 6.45) is 6.85. The molecule has 2 aromatic carbocycles. The van der Waals surface area contributed by atoms with Gasteiger partial charge in [0.05, 0.1) is 6.10 Å². The molecule has 2 aromatic heterocycles. The molecule has 184 valence electrons. The van der Waals surface area contributed by atoms with Gasteiger partial charge in [0, 0.05) is 15.3 Å². The summed E-state index contributed by atoms with van der Waals surface area (Å²) in [7, 11) is 0. The van der Waals surface area contributed by atoms with Crippen molar-refractivity contribution >= 4 is 52.0 Å². The molecule has 0 saturated heterocycles. The molecule has 2 aliphatic carbocycles. The zero-order valence-electron chi connectivity index (χ0n) is 20.4. The Hall–Kier alpha value is -1.28. The van der Waals surface area contributed by atoms with E-state index >= 15 is 0 Å². The van der Waals surface area contributed by atoms with Crippen LogP contribution in [0.1, 0.15) is 54.1 Å². The molecule has 6 rings (SSSR count). The minimum atomic E-state index is -0.278. The van der Waals surface area contributed by atoms with Crippen LogP contribution in [-0.4, -0.2) is 34.4 Å². The maximum absolute atomic E-state index is 10.4. The van der Waals surface area contributed by atoms with Crippen molar-refractivity contribution in [3.05, 3.63) is 102 Å². The Bertz CT molecular complexity index is 1120. The number of aliphatic hydroxyl groups excluding tert-OH is 1. The minimum Gasteiger partial charge on any atom is -1.00 e. The fourth-order valence-electron chi connectivity index (χ4n) is 3.40. The fraction of sp³-hybridized carbons (Fsp3) is 0.267. The average molecular weight is 592 g/mol. The first-order valence-corrected chi connectivity index (χ1v) is 13.6. The number of carbonyl (C=O) groups excluding carboxylic acids is 1. The number of halogens is 1. The van der Waals surface area contributed by atoms with Crippen LogP contribution in [0.3, 0.4) is 0 Å². The summed E-state index contributed by atoms with van der Waals surface area (Å²) >= 11 is 3.45. The van der Waals surface area contributed by atoms with Crippen molar-refractivity contribution in [2.24, 2.45) is 11.8 Å². The van der Waals surface area contributed by atoms with Gasteiger partial charge in [-0.05, 0) is 51.9 Å². The van der Waals surface area contributed by atoms with Crippen LogP contribution in [0.5, 0.6) is 0 Å². The Labute approximate surface area is 249 Å². The summed E-state index contributed by atoms with van der Waals surface area (Å²) in [5.41, 5.74) is 4.18. The molecule has 2 heterocycles. The van der Waals surface area contributed by atoms with Crippen molar-refractivity contribution in [2.75, 3.05) is 0 Å². The number of thiophene rings is 2. The molecule has 2 aliphatic rings. The van der Waals surface area contributed by atoms with E-state index in [4.69, 9.17) is 0 Å². The predicted molar refractivity (Wildman–Crippen MR) is 151 cm³/mol. The van der Waals surface area contributed by atoms with Crippen LogP contribution in [0.15, 0.2) is 83.6 Å². The maximum atomic E-state index is 10.4. The summed E-state index contributed by atoms with van der Waals surface area (Å²) in [4.78, 5) is 12.9. The van der Waals surface area contributed by atoms with Gasteiger partial charge in [-0.15, -0.1) is 22.7 Å². The van der Waals surface area contributed by atoms with Gasteiger partial charge in [0.1, 0.15) is 6.29 Å². The monoisotopic (exact) mass is 590 g/mol. The fourth-order valence-corrected chi connectivity index (χ4v) is 4.87. The number of carbonyl (C=O) groups is 1. The Morgan fingerprint density at radius 1 is 0.833 bits per heavy atom. The first-order chi connectivity index (χ1) is 16.6. The second-order valence-corrected chi connectivity index (χ2v) is 10.9. The van der Waals surface area contributed by atoms with Gasteiger partial charge in [-0.3, -0.25) is 4.79 Å². The first-order valence-electron chi connectivity index (χ1n) is 11.9. The molecule has 2 nitrogen and oxygen atoms in total. The second kappa shape index (κ2) is 15.9. The van der Waals surface area contributed by atoms with E-state index in [0.717, 1.165) is 35.7 Å². The second-order valence-electron chi connectivity index (χ2n) is 8.95. The van der Waals surface area contributed by atoms with Gasteiger partial charge in [-0.25, -0.2) is 0 Å². The van der Waals surface area contributed by atoms with Crippen LogP contribution in [0.25, 0.3) is 20.9 Å². The molecule has 1 atom stereocenters. The number of hydrogen-bond acceptors (Lipinski definition) is 4. The van der Waals surface area contributed by atoms with Crippen LogP contribution in [0, 0.1) is 18.8 Å². The number of rotatable bonds is 6. The Kier molecular flexibility index (Phi) is 13.6. The molecule has 0 amide bonds. The van der Waals surface area contributed by atoms with Gasteiger partial charge < -0.3 is 29.0 Å². The minimum absolute atomic E-state index is 0. The van der Waals surface area contributed by atoms with E-state index in [0.29, 0.717) is 0 Å². The van der Waals surface area contributed by atoms with Crippen molar-refractivity contribution in [2.45, 2.75) is 38.2 Å². The smallest absolute Gasteiger partial charge is 1.00 e. The van der Waals surface area contributed by atoms with E-state index < -0.39 is 0 Å². The number of benzene rings is 2. The average Bonchev–Trinajstić information content (AvgIpc) is 3.71. The summed E-state index contributed by atoms with van der Waals surface area (Å²) in [5, 5.41) is 14.2. The van der Waals surface area contributed by atoms with E-state index in [-0.39, 0.29) is 46.1 Å². The summed E-state index contributed by atoms with van der Waals surface area (Å²) in [6.45, 7) is 3.75. The van der Waals surface area contributed by atoms with Crippen molar-refractivity contribution in [1.82, 2.24) is 0 Å². The molecule has 36 heavy (non-hydrogen) atoms. The van der Waals surface area contributed by atoms with Crippen LogP contribution in [0.2, 0.25) is 0 Å². The molecule has 6 heteroatoms. The van der Waals surface area contributed by atoms with Crippen molar-refractivity contribution in [3.63, 3.8) is 0 Å². The molecule has 2 fully saturated rings. The third kappa shape index (κ3) is 10.2. The Morgan fingerprint density at radius 2 is 1.31 bits per heavy atom. The van der Waals surface area contributed by atoms with E-state index in [9.17, 15) is 9.90 Å². The zero-order valence-corrected chi connectivity index (χ0v) is 25.0. The third-order valence-electron chi connectivity index (χ3n) is 5.90. The molecule has 0 spiro atoms. The van der Waals surface area contributed by atoms with E-state index in [1.807, 2.05) is 35.7 Å². The third-order valence-corrected chi connectivity index (χ3v) is 7.74. The standard InChI is InChI=1S/C15H16OS.C11H8OS.C4H7.BrH.Mg/c16-14(10-11-3-4-11)12-5-7-13(8-6-12)15-2-1-9-17-15;12-8-9-3-5-10(6-4-9)11-2-1-7-13-11;1-4-2-3-4;;/h1-2,5-9,11,14,16H,3-4,10H2;1-8H;4H,1-3H2;1H;/q;;-1;;+2/p-1. The largest absolute Gasteiger partial charge is 2.00 e. The van der Waals surface area contributed by atoms with Crippen LogP contribution in [0.4, 0.5) is 0 Å². The van der Waals surface area contributed by atoms with Crippen LogP contribution >= 0.6 is 22.7 Å². The van der Waals surface area contributed by atoms with E-state index in [2.05, 4.69) is 54.8 Å². The van der Waals surface area contributed by atoms with E-state index in [1.54, 1.807) is 22.7 Å². The van der Waals surface area contributed by atoms with Gasteiger partial charge in [-0.2, -0.15) is 5.92 Å². The number of aliphatic hydroxyl groups is 1. The topological polar surface area (TPSA) is 37.3 Å². The van der Waals surface area contributed by atoms with Crippen LogP contribution < -0.4 is 17.0 Å². The molecular weight excluding hydrogens is 561 g/mol. The van der Waals surface area contributed by atoms with Crippen molar-refractivity contribution in [3.8, 4) is 20.9 Å². The summed E-state index contributed by atoms with van der Waals surface area (Å²) in [5.74, 6) is 1.60. The van der Waals surface area contributed by atoms with Gasteiger partial charge in [0.15, 0.2) is 0 Å². The molecule has 0 aliphatic heterocycles. The number of aldehydes is 1.